The zero-order valence-electron chi connectivity index (χ0n) is 9.13. The van der Waals surface area contributed by atoms with Crippen molar-refractivity contribution >= 4 is 30.5 Å². The van der Waals surface area contributed by atoms with E-state index in [2.05, 4.69) is 39.8 Å². The standard InChI is InChI=1S/C11H17N.2ClH/c1-7(2)10-5-8(3)11(12)9(4)6-10;;/h5-7H,12H2,1-4H3;2*1H. The van der Waals surface area contributed by atoms with Gasteiger partial charge in [0, 0.05) is 5.69 Å². The maximum atomic E-state index is 5.85. The quantitative estimate of drug-likeness (QED) is 0.736. The van der Waals surface area contributed by atoms with Crippen molar-refractivity contribution in [1.82, 2.24) is 0 Å². The lowest BCUT2D eigenvalue weighted by Crippen LogP contribution is -1.97. The van der Waals surface area contributed by atoms with Gasteiger partial charge in [-0.05, 0) is 36.5 Å². The lowest BCUT2D eigenvalue weighted by Gasteiger charge is -2.10. The van der Waals surface area contributed by atoms with E-state index in [0.29, 0.717) is 5.92 Å². The van der Waals surface area contributed by atoms with E-state index < -0.39 is 0 Å². The fraction of sp³-hybridized carbons (Fsp3) is 0.455. The van der Waals surface area contributed by atoms with Crippen molar-refractivity contribution in [2.45, 2.75) is 33.6 Å². The molecule has 0 spiro atoms. The molecule has 0 bridgehead atoms. The first-order valence-corrected chi connectivity index (χ1v) is 4.39. The molecule has 1 nitrogen and oxygen atoms in total. The molecule has 0 unspecified atom stereocenters. The van der Waals surface area contributed by atoms with Gasteiger partial charge in [-0.1, -0.05) is 26.0 Å². The second-order valence-electron chi connectivity index (χ2n) is 3.72. The summed E-state index contributed by atoms with van der Waals surface area (Å²) >= 11 is 0. The molecule has 0 aliphatic heterocycles. The molecule has 0 saturated carbocycles. The molecule has 0 aliphatic carbocycles. The van der Waals surface area contributed by atoms with Crippen LogP contribution in [0.1, 0.15) is 36.5 Å². The van der Waals surface area contributed by atoms with Gasteiger partial charge in [0.25, 0.3) is 0 Å². The Morgan fingerprint density at radius 2 is 1.36 bits per heavy atom. The minimum absolute atomic E-state index is 0. The number of hydrogen-bond acceptors (Lipinski definition) is 1. The Kier molecular flexibility index (Phi) is 7.05. The van der Waals surface area contributed by atoms with Gasteiger partial charge < -0.3 is 5.73 Å². The van der Waals surface area contributed by atoms with Crippen LogP contribution in [-0.2, 0) is 0 Å². The van der Waals surface area contributed by atoms with Gasteiger partial charge >= 0.3 is 0 Å². The Bertz CT molecular complexity index is 272. The minimum Gasteiger partial charge on any atom is -0.398 e. The fourth-order valence-corrected chi connectivity index (χ4v) is 1.34. The zero-order chi connectivity index (χ0) is 9.30. The minimum atomic E-state index is 0. The topological polar surface area (TPSA) is 26.0 Å². The normalized spacial score (nSPS) is 9.21. The summed E-state index contributed by atoms with van der Waals surface area (Å²) in [6.07, 6.45) is 0. The summed E-state index contributed by atoms with van der Waals surface area (Å²) in [6, 6.07) is 4.35. The second-order valence-corrected chi connectivity index (χ2v) is 3.72. The highest BCUT2D eigenvalue weighted by atomic mass is 35.5. The largest absolute Gasteiger partial charge is 0.398 e. The van der Waals surface area contributed by atoms with Crippen molar-refractivity contribution in [3.63, 3.8) is 0 Å². The van der Waals surface area contributed by atoms with Crippen LogP contribution in [0.25, 0.3) is 0 Å². The van der Waals surface area contributed by atoms with Crippen LogP contribution in [0.2, 0.25) is 0 Å². The average Bonchev–Trinajstić information content (AvgIpc) is 1.99. The first kappa shape index (κ1) is 16.0. The second kappa shape index (κ2) is 6.15. The Morgan fingerprint density at radius 1 is 1.00 bits per heavy atom. The molecule has 0 saturated heterocycles. The smallest absolute Gasteiger partial charge is 0.0373 e. The fourth-order valence-electron chi connectivity index (χ4n) is 1.34. The molecular formula is C11H19Cl2N. The number of halogens is 2. The summed E-state index contributed by atoms with van der Waals surface area (Å²) in [7, 11) is 0. The molecule has 0 fully saturated rings. The molecule has 1 aromatic carbocycles. The molecule has 1 rings (SSSR count). The first-order chi connectivity index (χ1) is 5.52. The van der Waals surface area contributed by atoms with Gasteiger partial charge in [0.1, 0.15) is 0 Å². The van der Waals surface area contributed by atoms with E-state index in [9.17, 15) is 0 Å². The van der Waals surface area contributed by atoms with Crippen LogP contribution in [-0.4, -0.2) is 0 Å². The third kappa shape index (κ3) is 3.39. The highest BCUT2D eigenvalue weighted by molar-refractivity contribution is 5.85. The van der Waals surface area contributed by atoms with Gasteiger partial charge in [-0.15, -0.1) is 24.8 Å². The van der Waals surface area contributed by atoms with E-state index in [-0.39, 0.29) is 24.8 Å². The van der Waals surface area contributed by atoms with E-state index in [1.54, 1.807) is 0 Å². The molecule has 3 heteroatoms. The molecule has 0 radical (unpaired) electrons. The van der Waals surface area contributed by atoms with Crippen molar-refractivity contribution in [3.05, 3.63) is 28.8 Å². The number of aryl methyl sites for hydroxylation is 2. The molecule has 0 atom stereocenters. The molecular weight excluding hydrogens is 217 g/mol. The van der Waals surface area contributed by atoms with Gasteiger partial charge in [0.15, 0.2) is 0 Å². The van der Waals surface area contributed by atoms with Crippen LogP contribution >= 0.6 is 24.8 Å². The Morgan fingerprint density at radius 3 is 1.64 bits per heavy atom. The van der Waals surface area contributed by atoms with Crippen molar-refractivity contribution < 1.29 is 0 Å². The molecule has 0 amide bonds. The van der Waals surface area contributed by atoms with Crippen LogP contribution in [0.5, 0.6) is 0 Å². The van der Waals surface area contributed by atoms with Crippen molar-refractivity contribution in [1.29, 1.82) is 0 Å². The SMILES string of the molecule is Cc1cc(C(C)C)cc(C)c1N.Cl.Cl. The lowest BCUT2D eigenvalue weighted by atomic mass is 9.97. The number of nitrogen functional groups attached to an aromatic ring is 1. The summed E-state index contributed by atoms with van der Waals surface area (Å²) in [6.45, 7) is 8.53. The number of nitrogens with two attached hydrogens (primary N) is 1. The average molecular weight is 236 g/mol. The predicted octanol–water partition coefficient (Wildman–Crippen LogP) is 3.85. The third-order valence-electron chi connectivity index (χ3n) is 2.28. The Labute approximate surface area is 98.9 Å². The molecule has 0 aromatic heterocycles. The summed E-state index contributed by atoms with van der Waals surface area (Å²) < 4.78 is 0. The van der Waals surface area contributed by atoms with Crippen LogP contribution in [0.4, 0.5) is 5.69 Å². The lowest BCUT2D eigenvalue weighted by molar-refractivity contribution is 0.863. The molecule has 82 valence electrons. The van der Waals surface area contributed by atoms with E-state index in [4.69, 9.17) is 5.73 Å². The van der Waals surface area contributed by atoms with Crippen LogP contribution in [0, 0.1) is 13.8 Å². The first-order valence-electron chi connectivity index (χ1n) is 4.39. The summed E-state index contributed by atoms with van der Waals surface area (Å²) in [5.41, 5.74) is 10.5. The summed E-state index contributed by atoms with van der Waals surface area (Å²) in [4.78, 5) is 0. The van der Waals surface area contributed by atoms with Crippen molar-refractivity contribution in [2.75, 3.05) is 5.73 Å². The highest BCUT2D eigenvalue weighted by Gasteiger charge is 2.03. The molecule has 1 aromatic rings. The molecule has 2 N–H and O–H groups in total. The number of anilines is 1. The number of rotatable bonds is 1. The molecule has 14 heavy (non-hydrogen) atoms. The summed E-state index contributed by atoms with van der Waals surface area (Å²) in [5.74, 6) is 0.586. The van der Waals surface area contributed by atoms with E-state index in [1.807, 2.05) is 0 Å². The van der Waals surface area contributed by atoms with Crippen molar-refractivity contribution in [2.24, 2.45) is 0 Å². The Balaban J connectivity index is 0. The maximum Gasteiger partial charge on any atom is 0.0373 e. The summed E-state index contributed by atoms with van der Waals surface area (Å²) in [5, 5.41) is 0. The van der Waals surface area contributed by atoms with E-state index in [0.717, 1.165) is 5.69 Å². The Hall–Kier alpha value is -0.400. The van der Waals surface area contributed by atoms with Gasteiger partial charge in [0.2, 0.25) is 0 Å². The van der Waals surface area contributed by atoms with Crippen LogP contribution in [0.3, 0.4) is 0 Å². The van der Waals surface area contributed by atoms with Crippen molar-refractivity contribution in [3.8, 4) is 0 Å². The zero-order valence-corrected chi connectivity index (χ0v) is 10.8. The van der Waals surface area contributed by atoms with Gasteiger partial charge in [-0.2, -0.15) is 0 Å². The van der Waals surface area contributed by atoms with E-state index >= 15 is 0 Å². The van der Waals surface area contributed by atoms with Gasteiger partial charge in [-0.3, -0.25) is 0 Å². The monoisotopic (exact) mass is 235 g/mol. The number of benzene rings is 1. The van der Waals surface area contributed by atoms with Gasteiger partial charge in [-0.25, -0.2) is 0 Å². The molecule has 0 heterocycles. The van der Waals surface area contributed by atoms with Crippen LogP contribution in [0.15, 0.2) is 12.1 Å². The van der Waals surface area contributed by atoms with E-state index in [1.165, 1.54) is 16.7 Å². The predicted molar refractivity (Wildman–Crippen MR) is 68.9 cm³/mol. The van der Waals surface area contributed by atoms with Gasteiger partial charge in [0.05, 0.1) is 0 Å². The maximum absolute atomic E-state index is 5.85. The number of hydrogen-bond donors (Lipinski definition) is 1. The van der Waals surface area contributed by atoms with Crippen LogP contribution < -0.4 is 5.73 Å². The highest BCUT2D eigenvalue weighted by Crippen LogP contribution is 2.23. The third-order valence-corrected chi connectivity index (χ3v) is 2.28. The molecule has 0 aliphatic rings.